The number of ether oxygens (including phenoxy) is 1. The Labute approximate surface area is 147 Å². The number of anilines is 1. The summed E-state index contributed by atoms with van der Waals surface area (Å²) in [5.74, 6) is 5.25. The Morgan fingerprint density at radius 3 is 2.16 bits per heavy atom. The highest BCUT2D eigenvalue weighted by atomic mass is 16.5. The van der Waals surface area contributed by atoms with Gasteiger partial charge in [0.1, 0.15) is 0 Å². The minimum atomic E-state index is -0.432. The van der Waals surface area contributed by atoms with E-state index in [2.05, 4.69) is 21.9 Å². The highest BCUT2D eigenvalue weighted by Crippen LogP contribution is 2.11. The predicted molar refractivity (Wildman–Crippen MR) is 97.8 cm³/mol. The maximum atomic E-state index is 12.0. The largest absolute Gasteiger partial charge is 0.465 e. The van der Waals surface area contributed by atoms with Crippen LogP contribution >= 0.6 is 0 Å². The molecule has 0 atom stereocenters. The van der Waals surface area contributed by atoms with Crippen LogP contribution in [0.4, 0.5) is 5.69 Å². The molecule has 0 aliphatic heterocycles. The van der Waals surface area contributed by atoms with Crippen molar-refractivity contribution in [1.29, 1.82) is 0 Å². The summed E-state index contributed by atoms with van der Waals surface area (Å²) in [6.07, 6.45) is 0. The Hall–Kier alpha value is -3.26. The molecule has 0 aromatic heterocycles. The van der Waals surface area contributed by atoms with Crippen LogP contribution in [-0.2, 0) is 4.74 Å². The van der Waals surface area contributed by atoms with Crippen molar-refractivity contribution in [1.82, 2.24) is 5.32 Å². The highest BCUT2D eigenvalue weighted by molar-refractivity contribution is 5.96. The van der Waals surface area contributed by atoms with E-state index in [-0.39, 0.29) is 12.5 Å². The molecule has 0 aliphatic carbocycles. The second-order valence-corrected chi connectivity index (χ2v) is 5.49. The molecule has 1 N–H and O–H groups in total. The molecule has 0 spiro atoms. The molecule has 0 aliphatic rings. The van der Waals surface area contributed by atoms with Gasteiger partial charge in [-0.2, -0.15) is 0 Å². The fourth-order valence-corrected chi connectivity index (χ4v) is 2.09. The molecule has 25 heavy (non-hydrogen) atoms. The van der Waals surface area contributed by atoms with E-state index in [9.17, 15) is 9.59 Å². The quantitative estimate of drug-likeness (QED) is 0.688. The Balaban J connectivity index is 1.89. The molecule has 2 rings (SSSR count). The molecule has 2 aromatic carbocycles. The van der Waals surface area contributed by atoms with E-state index < -0.39 is 5.97 Å². The number of rotatable bonds is 4. The van der Waals surface area contributed by atoms with E-state index in [1.54, 1.807) is 24.3 Å². The molecule has 0 unspecified atom stereocenters. The highest BCUT2D eigenvalue weighted by Gasteiger charge is 2.07. The van der Waals surface area contributed by atoms with Crippen molar-refractivity contribution in [2.45, 2.75) is 0 Å². The number of amides is 1. The number of nitrogens with zero attached hydrogens (tertiary/aromatic N) is 1. The first kappa shape index (κ1) is 18.1. The number of nitrogens with one attached hydrogen (secondary N) is 1. The van der Waals surface area contributed by atoms with Crippen LogP contribution in [0.5, 0.6) is 0 Å². The number of carbonyl (C=O) groups is 2. The van der Waals surface area contributed by atoms with Crippen LogP contribution < -0.4 is 10.2 Å². The third-order valence-electron chi connectivity index (χ3n) is 3.52. The van der Waals surface area contributed by atoms with E-state index in [0.717, 1.165) is 11.3 Å². The lowest BCUT2D eigenvalue weighted by Gasteiger charge is -2.11. The second kappa shape index (κ2) is 8.55. The van der Waals surface area contributed by atoms with Crippen LogP contribution in [0.2, 0.25) is 0 Å². The summed E-state index contributed by atoms with van der Waals surface area (Å²) in [7, 11) is 5.28. The zero-order valence-electron chi connectivity index (χ0n) is 14.5. The molecular formula is C20H20N2O3. The van der Waals surface area contributed by atoms with Gasteiger partial charge in [-0.3, -0.25) is 4.79 Å². The summed E-state index contributed by atoms with van der Waals surface area (Å²) < 4.78 is 4.62. The smallest absolute Gasteiger partial charge is 0.337 e. The topological polar surface area (TPSA) is 58.6 Å². The van der Waals surface area contributed by atoms with Crippen molar-refractivity contribution >= 4 is 17.6 Å². The number of esters is 1. The summed E-state index contributed by atoms with van der Waals surface area (Å²) in [6.45, 7) is 0.243. The Morgan fingerprint density at radius 1 is 1.00 bits per heavy atom. The number of carbonyl (C=O) groups excluding carboxylic acids is 2. The zero-order valence-corrected chi connectivity index (χ0v) is 14.5. The van der Waals surface area contributed by atoms with Gasteiger partial charge in [-0.1, -0.05) is 11.8 Å². The summed E-state index contributed by atoms with van der Waals surface area (Å²) in [5.41, 5.74) is 2.86. The lowest BCUT2D eigenvalue weighted by Crippen LogP contribution is -2.23. The van der Waals surface area contributed by atoms with Crippen molar-refractivity contribution < 1.29 is 14.3 Å². The SMILES string of the molecule is COC(=O)c1ccc(C(=O)NCC#Cc2ccc(N(C)C)cc2)cc1. The second-order valence-electron chi connectivity index (χ2n) is 5.49. The lowest BCUT2D eigenvalue weighted by molar-refractivity contribution is 0.0600. The average Bonchev–Trinajstić information content (AvgIpc) is 2.65. The Bertz CT molecular complexity index is 798. The molecule has 5 nitrogen and oxygen atoms in total. The van der Waals surface area contributed by atoms with Crippen LogP contribution in [0.1, 0.15) is 26.3 Å². The fourth-order valence-electron chi connectivity index (χ4n) is 2.09. The van der Waals surface area contributed by atoms with Gasteiger partial charge in [-0.25, -0.2) is 4.79 Å². The van der Waals surface area contributed by atoms with Crippen molar-refractivity contribution in [2.75, 3.05) is 32.6 Å². The fraction of sp³-hybridized carbons (Fsp3) is 0.200. The Morgan fingerprint density at radius 2 is 1.60 bits per heavy atom. The molecule has 0 bridgehead atoms. The molecule has 2 aromatic rings. The molecule has 0 heterocycles. The third-order valence-corrected chi connectivity index (χ3v) is 3.52. The van der Waals surface area contributed by atoms with Crippen molar-refractivity contribution in [3.05, 3.63) is 65.2 Å². The van der Waals surface area contributed by atoms with E-state index >= 15 is 0 Å². The maximum absolute atomic E-state index is 12.0. The summed E-state index contributed by atoms with van der Waals surface area (Å²) in [6, 6.07) is 14.1. The van der Waals surface area contributed by atoms with Gasteiger partial charge in [0, 0.05) is 30.9 Å². The molecule has 1 amide bonds. The van der Waals surface area contributed by atoms with Crippen LogP contribution in [0, 0.1) is 11.8 Å². The van der Waals surface area contributed by atoms with E-state index in [0.29, 0.717) is 11.1 Å². The zero-order chi connectivity index (χ0) is 18.2. The van der Waals surface area contributed by atoms with Crippen LogP contribution in [0.25, 0.3) is 0 Å². The van der Waals surface area contributed by atoms with Gasteiger partial charge in [0.15, 0.2) is 0 Å². The van der Waals surface area contributed by atoms with Crippen molar-refractivity contribution in [2.24, 2.45) is 0 Å². The first-order valence-corrected chi connectivity index (χ1v) is 7.74. The number of hydrogen-bond donors (Lipinski definition) is 1. The normalized spacial score (nSPS) is 9.56. The van der Waals surface area contributed by atoms with Gasteiger partial charge in [-0.05, 0) is 48.5 Å². The summed E-state index contributed by atoms with van der Waals surface area (Å²) in [5, 5.41) is 2.72. The van der Waals surface area contributed by atoms with Crippen LogP contribution in [0.3, 0.4) is 0 Å². The van der Waals surface area contributed by atoms with Gasteiger partial charge in [0.2, 0.25) is 0 Å². The lowest BCUT2D eigenvalue weighted by atomic mass is 10.1. The Kier molecular flexibility index (Phi) is 6.19. The van der Waals surface area contributed by atoms with Gasteiger partial charge in [-0.15, -0.1) is 0 Å². The van der Waals surface area contributed by atoms with Crippen molar-refractivity contribution in [3.8, 4) is 11.8 Å². The molecule has 0 radical (unpaired) electrons. The number of hydrogen-bond acceptors (Lipinski definition) is 4. The van der Waals surface area contributed by atoms with Gasteiger partial charge < -0.3 is 15.0 Å². The first-order valence-electron chi connectivity index (χ1n) is 7.74. The molecule has 0 fully saturated rings. The molecule has 128 valence electrons. The third kappa shape index (κ3) is 5.11. The van der Waals surface area contributed by atoms with Gasteiger partial charge in [0.25, 0.3) is 5.91 Å². The summed E-state index contributed by atoms with van der Waals surface area (Å²) in [4.78, 5) is 25.4. The maximum Gasteiger partial charge on any atom is 0.337 e. The first-order chi connectivity index (χ1) is 12.0. The van der Waals surface area contributed by atoms with E-state index in [4.69, 9.17) is 0 Å². The number of benzene rings is 2. The molecule has 0 saturated carbocycles. The standard InChI is InChI=1S/C20H20N2O3/c1-22(2)18-12-6-15(7-13-18)5-4-14-21-19(23)16-8-10-17(11-9-16)20(24)25-3/h6-13H,14H2,1-3H3,(H,21,23). The van der Waals surface area contributed by atoms with Crippen LogP contribution in [0.15, 0.2) is 48.5 Å². The van der Waals surface area contributed by atoms with Gasteiger partial charge >= 0.3 is 5.97 Å². The summed E-state index contributed by atoms with van der Waals surface area (Å²) >= 11 is 0. The van der Waals surface area contributed by atoms with E-state index in [1.807, 2.05) is 43.3 Å². The number of methoxy groups -OCH3 is 1. The monoisotopic (exact) mass is 336 g/mol. The molecule has 5 heteroatoms. The van der Waals surface area contributed by atoms with E-state index in [1.165, 1.54) is 7.11 Å². The molecular weight excluding hydrogens is 316 g/mol. The van der Waals surface area contributed by atoms with Gasteiger partial charge in [0.05, 0.1) is 19.2 Å². The average molecular weight is 336 g/mol. The molecule has 0 saturated heterocycles. The minimum absolute atomic E-state index is 0.242. The minimum Gasteiger partial charge on any atom is -0.465 e. The van der Waals surface area contributed by atoms with Crippen molar-refractivity contribution in [3.63, 3.8) is 0 Å². The predicted octanol–water partition coefficient (Wildman–Crippen LogP) is 2.32. The van der Waals surface area contributed by atoms with Crippen LogP contribution in [-0.4, -0.2) is 39.6 Å².